The molecule has 0 N–H and O–H groups in total. The van der Waals surface area contributed by atoms with Crippen molar-refractivity contribution in [1.29, 1.82) is 0 Å². The third-order valence-corrected chi connectivity index (χ3v) is 5.56. The van der Waals surface area contributed by atoms with E-state index in [1.165, 1.54) is 0 Å². The van der Waals surface area contributed by atoms with Gasteiger partial charge in [-0.15, -0.1) is 0 Å². The monoisotopic (exact) mass is 354 g/mol. The van der Waals surface area contributed by atoms with Crippen molar-refractivity contribution >= 4 is 11.8 Å². The molecule has 0 radical (unpaired) electrons. The van der Waals surface area contributed by atoms with Crippen LogP contribution < -0.4 is 4.74 Å². The summed E-state index contributed by atoms with van der Waals surface area (Å²) in [5.74, 6) is 0.777. The number of carbonyl (C=O) groups excluding carboxylic acids is 2. The molecule has 0 heterocycles. The van der Waals surface area contributed by atoms with Gasteiger partial charge in [-0.3, -0.25) is 4.79 Å². The Morgan fingerprint density at radius 1 is 1.04 bits per heavy atom. The van der Waals surface area contributed by atoms with Crippen LogP contribution in [-0.2, 0) is 9.59 Å². The largest absolute Gasteiger partial charge is 0.423 e. The van der Waals surface area contributed by atoms with Crippen LogP contribution in [0.2, 0.25) is 0 Å². The van der Waals surface area contributed by atoms with Crippen LogP contribution >= 0.6 is 0 Å². The fraction of sp³-hybridized carbons (Fsp3) is 0.478. The molecule has 3 heteroatoms. The van der Waals surface area contributed by atoms with E-state index in [4.69, 9.17) is 4.74 Å². The van der Waals surface area contributed by atoms with E-state index in [9.17, 15) is 9.59 Å². The lowest BCUT2D eigenvalue weighted by molar-refractivity contribution is -0.130. The van der Waals surface area contributed by atoms with E-state index in [2.05, 4.69) is 27.7 Å². The molecule has 1 aliphatic carbocycles. The molecule has 0 bridgehead atoms. The molecule has 1 aliphatic rings. The van der Waals surface area contributed by atoms with Gasteiger partial charge in [0.15, 0.2) is 5.78 Å². The molecule has 1 aromatic rings. The first-order chi connectivity index (χ1) is 12.3. The van der Waals surface area contributed by atoms with E-state index in [-0.39, 0.29) is 23.1 Å². The molecule has 2 rings (SSSR count). The minimum Gasteiger partial charge on any atom is -0.423 e. The number of ketones is 1. The van der Waals surface area contributed by atoms with Gasteiger partial charge in [0.05, 0.1) is 0 Å². The van der Waals surface area contributed by atoms with E-state index in [0.29, 0.717) is 24.2 Å². The molecule has 0 saturated carbocycles. The fourth-order valence-electron chi connectivity index (χ4n) is 3.17. The van der Waals surface area contributed by atoms with E-state index in [1.807, 2.05) is 31.2 Å². The maximum Gasteiger partial charge on any atom is 0.339 e. The van der Waals surface area contributed by atoms with Gasteiger partial charge in [-0.05, 0) is 48.8 Å². The number of esters is 1. The van der Waals surface area contributed by atoms with Crippen LogP contribution in [0.5, 0.6) is 5.75 Å². The number of ether oxygens (including phenoxy) is 1. The minimum atomic E-state index is -0.324. The van der Waals surface area contributed by atoms with Gasteiger partial charge in [0, 0.05) is 11.0 Å². The van der Waals surface area contributed by atoms with Crippen LogP contribution in [0.4, 0.5) is 0 Å². The molecule has 0 unspecified atom stereocenters. The second kappa shape index (κ2) is 8.48. The average Bonchev–Trinajstić information content (AvgIpc) is 2.67. The van der Waals surface area contributed by atoms with Gasteiger partial charge in [-0.2, -0.15) is 0 Å². The number of hydrogen-bond acceptors (Lipinski definition) is 3. The first-order valence-corrected chi connectivity index (χ1v) is 9.58. The SMILES string of the molecule is CCC(C)(CC)C(=O)C1=CC=C(C(=O)Oc2ccccc2C(C)C)CC1. The summed E-state index contributed by atoms with van der Waals surface area (Å²) >= 11 is 0. The van der Waals surface area contributed by atoms with E-state index in [0.717, 1.165) is 24.0 Å². The van der Waals surface area contributed by atoms with Gasteiger partial charge in [0.1, 0.15) is 5.75 Å². The summed E-state index contributed by atoms with van der Waals surface area (Å²) in [5.41, 5.74) is 2.14. The Morgan fingerprint density at radius 2 is 1.62 bits per heavy atom. The van der Waals surface area contributed by atoms with Crippen LogP contribution in [0.1, 0.15) is 71.8 Å². The van der Waals surface area contributed by atoms with Gasteiger partial charge >= 0.3 is 5.97 Å². The van der Waals surface area contributed by atoms with Gasteiger partial charge in [0.2, 0.25) is 0 Å². The Morgan fingerprint density at radius 3 is 2.15 bits per heavy atom. The topological polar surface area (TPSA) is 43.4 Å². The minimum absolute atomic E-state index is 0.205. The van der Waals surface area contributed by atoms with Crippen molar-refractivity contribution in [3.05, 3.63) is 53.1 Å². The highest BCUT2D eigenvalue weighted by molar-refractivity contribution is 6.01. The molecule has 0 aromatic heterocycles. The van der Waals surface area contributed by atoms with Gasteiger partial charge in [-0.25, -0.2) is 4.79 Å². The van der Waals surface area contributed by atoms with Crippen molar-refractivity contribution in [2.75, 3.05) is 0 Å². The van der Waals surface area contributed by atoms with Crippen LogP contribution in [-0.4, -0.2) is 11.8 Å². The zero-order valence-corrected chi connectivity index (χ0v) is 16.6. The van der Waals surface area contributed by atoms with Gasteiger partial charge < -0.3 is 4.74 Å². The molecule has 26 heavy (non-hydrogen) atoms. The predicted octanol–water partition coefficient (Wildman–Crippen LogP) is 5.76. The van der Waals surface area contributed by atoms with Crippen molar-refractivity contribution in [2.45, 2.75) is 66.2 Å². The lowest BCUT2D eigenvalue weighted by atomic mass is 9.75. The van der Waals surface area contributed by atoms with Crippen LogP contribution in [0, 0.1) is 5.41 Å². The first-order valence-electron chi connectivity index (χ1n) is 9.58. The fourth-order valence-corrected chi connectivity index (χ4v) is 3.17. The zero-order valence-electron chi connectivity index (χ0n) is 16.6. The molecule has 140 valence electrons. The highest BCUT2D eigenvalue weighted by atomic mass is 16.5. The molecule has 1 aromatic carbocycles. The number of Topliss-reactive ketones (excluding diaryl/α,β-unsaturated/α-hetero) is 1. The average molecular weight is 354 g/mol. The van der Waals surface area contributed by atoms with Crippen LogP contribution in [0.15, 0.2) is 47.6 Å². The third kappa shape index (κ3) is 4.32. The maximum atomic E-state index is 12.8. The number of rotatable bonds is 7. The van der Waals surface area contributed by atoms with Crippen molar-refractivity contribution in [3.8, 4) is 5.75 Å². The lowest BCUT2D eigenvalue weighted by Gasteiger charge is -2.27. The Labute approximate surface area is 157 Å². The summed E-state index contributed by atoms with van der Waals surface area (Å²) in [7, 11) is 0. The Hall–Kier alpha value is -2.16. The molecular weight excluding hydrogens is 324 g/mol. The molecular formula is C23H30O3. The van der Waals surface area contributed by atoms with Crippen molar-refractivity contribution in [2.24, 2.45) is 5.41 Å². The number of benzene rings is 1. The smallest absolute Gasteiger partial charge is 0.339 e. The quantitative estimate of drug-likeness (QED) is 0.462. The molecule has 0 amide bonds. The van der Waals surface area contributed by atoms with Crippen LogP contribution in [0.25, 0.3) is 0 Å². The van der Waals surface area contributed by atoms with Gasteiger partial charge in [0.25, 0.3) is 0 Å². The van der Waals surface area contributed by atoms with Crippen molar-refractivity contribution < 1.29 is 14.3 Å². The van der Waals surface area contributed by atoms with Crippen molar-refractivity contribution in [3.63, 3.8) is 0 Å². The standard InChI is InChI=1S/C23H30O3/c1-6-23(5,7-2)21(24)17-12-14-18(15-13-17)22(25)26-20-11-9-8-10-19(20)16(3)4/h8-12,14,16H,6-7,13,15H2,1-5H3. The molecule has 0 spiro atoms. The van der Waals surface area contributed by atoms with Crippen molar-refractivity contribution in [1.82, 2.24) is 0 Å². The Kier molecular flexibility index (Phi) is 6.57. The first kappa shape index (κ1) is 20.2. The molecule has 3 nitrogen and oxygen atoms in total. The predicted molar refractivity (Wildman–Crippen MR) is 105 cm³/mol. The normalized spacial score (nSPS) is 14.7. The van der Waals surface area contributed by atoms with Gasteiger partial charge in [-0.1, -0.05) is 65.0 Å². The molecule has 0 aliphatic heterocycles. The Balaban J connectivity index is 2.15. The number of allylic oxidation sites excluding steroid dienone is 3. The molecule has 0 saturated heterocycles. The molecule has 0 fully saturated rings. The summed E-state index contributed by atoms with van der Waals surface area (Å²) < 4.78 is 5.63. The lowest BCUT2D eigenvalue weighted by Crippen LogP contribution is -2.28. The van der Waals surface area contributed by atoms with E-state index < -0.39 is 0 Å². The summed E-state index contributed by atoms with van der Waals surface area (Å²) in [5, 5.41) is 0. The van der Waals surface area contributed by atoms with Crippen LogP contribution in [0.3, 0.4) is 0 Å². The number of para-hydroxylation sites is 1. The third-order valence-electron chi connectivity index (χ3n) is 5.56. The van der Waals surface area contributed by atoms with E-state index in [1.54, 1.807) is 12.2 Å². The zero-order chi connectivity index (χ0) is 19.3. The number of hydrogen-bond donors (Lipinski definition) is 0. The maximum absolute atomic E-state index is 12.8. The summed E-state index contributed by atoms with van der Waals surface area (Å²) in [6.07, 6.45) is 6.35. The van der Waals surface area contributed by atoms with E-state index >= 15 is 0 Å². The highest BCUT2D eigenvalue weighted by Crippen LogP contribution is 2.33. The Bertz CT molecular complexity index is 734. The second-order valence-corrected chi connectivity index (χ2v) is 7.56. The number of carbonyl (C=O) groups is 2. The second-order valence-electron chi connectivity index (χ2n) is 7.56. The summed E-state index contributed by atoms with van der Waals surface area (Å²) in [6.45, 7) is 10.3. The summed E-state index contributed by atoms with van der Waals surface area (Å²) in [4.78, 5) is 25.3. The highest BCUT2D eigenvalue weighted by Gasteiger charge is 2.32. The summed E-state index contributed by atoms with van der Waals surface area (Å²) in [6, 6.07) is 7.63. The molecule has 0 atom stereocenters.